The van der Waals surface area contributed by atoms with Crippen molar-refractivity contribution in [1.82, 2.24) is 10.1 Å². The first-order valence-electron chi connectivity index (χ1n) is 8.18. The van der Waals surface area contributed by atoms with Crippen LogP contribution in [-0.2, 0) is 11.0 Å². The van der Waals surface area contributed by atoms with Gasteiger partial charge in [0.2, 0.25) is 0 Å². The van der Waals surface area contributed by atoms with Crippen LogP contribution in [0.4, 0.5) is 0 Å². The zero-order valence-electron chi connectivity index (χ0n) is 14.7. The average Bonchev–Trinajstić information content (AvgIpc) is 2.94. The lowest BCUT2D eigenvalue weighted by atomic mass is 9.77. The molecule has 2 N–H and O–H groups in total. The molecule has 132 valence electrons. The van der Waals surface area contributed by atoms with Crippen molar-refractivity contribution >= 4 is 12.4 Å². The second-order valence-electron chi connectivity index (χ2n) is 7.50. The van der Waals surface area contributed by atoms with E-state index in [9.17, 15) is 0 Å². The number of hydrogen-bond donors (Lipinski definition) is 1. The molecule has 0 aliphatic heterocycles. The highest BCUT2D eigenvalue weighted by atomic mass is 35.5. The molecule has 1 aromatic carbocycles. The lowest BCUT2D eigenvalue weighted by Gasteiger charge is -2.34. The van der Waals surface area contributed by atoms with Gasteiger partial charge in [-0.3, -0.25) is 0 Å². The zero-order chi connectivity index (χ0) is 16.7. The number of halogens is 1. The normalized spacial score (nSPS) is 17.5. The SMILES string of the molecule is CC(Oc1cccc(C(C)(C)C)c1)c1nc(C2(N)CCC2)no1.Cl. The van der Waals surface area contributed by atoms with E-state index in [1.807, 2.05) is 19.1 Å². The molecule has 6 heteroatoms. The highest BCUT2D eigenvalue weighted by molar-refractivity contribution is 5.85. The maximum atomic E-state index is 6.23. The second-order valence-corrected chi connectivity index (χ2v) is 7.50. The second kappa shape index (κ2) is 6.73. The number of nitrogens with two attached hydrogens (primary N) is 1. The predicted octanol–water partition coefficient (Wildman–Crippen LogP) is 4.27. The van der Waals surface area contributed by atoms with E-state index < -0.39 is 5.54 Å². The molecular weight excluding hydrogens is 326 g/mol. The molecule has 1 aliphatic rings. The minimum atomic E-state index is -0.409. The maximum absolute atomic E-state index is 6.23. The molecule has 1 saturated carbocycles. The molecular formula is C18H26ClN3O2. The van der Waals surface area contributed by atoms with Crippen LogP contribution in [0.3, 0.4) is 0 Å². The minimum absolute atomic E-state index is 0. The minimum Gasteiger partial charge on any atom is -0.481 e. The molecule has 3 rings (SSSR count). The fourth-order valence-corrected chi connectivity index (χ4v) is 2.67. The molecule has 1 fully saturated rings. The Hall–Kier alpha value is -1.59. The van der Waals surface area contributed by atoms with Crippen molar-refractivity contribution in [3.63, 3.8) is 0 Å². The highest BCUT2D eigenvalue weighted by Crippen LogP contribution is 2.37. The molecule has 24 heavy (non-hydrogen) atoms. The van der Waals surface area contributed by atoms with E-state index >= 15 is 0 Å². The summed E-state index contributed by atoms with van der Waals surface area (Å²) < 4.78 is 11.3. The Balaban J connectivity index is 0.00000208. The van der Waals surface area contributed by atoms with Gasteiger partial charge in [0, 0.05) is 0 Å². The van der Waals surface area contributed by atoms with Gasteiger partial charge in [-0.15, -0.1) is 12.4 Å². The molecule has 0 amide bonds. The van der Waals surface area contributed by atoms with Crippen LogP contribution in [0.25, 0.3) is 0 Å². The summed E-state index contributed by atoms with van der Waals surface area (Å²) >= 11 is 0. The third-order valence-electron chi connectivity index (χ3n) is 4.49. The summed E-state index contributed by atoms with van der Waals surface area (Å²) in [6.45, 7) is 8.45. The summed E-state index contributed by atoms with van der Waals surface area (Å²) in [7, 11) is 0. The van der Waals surface area contributed by atoms with Gasteiger partial charge in [-0.05, 0) is 49.3 Å². The van der Waals surface area contributed by atoms with Gasteiger partial charge in [-0.1, -0.05) is 38.1 Å². The first kappa shape index (κ1) is 18.7. The molecule has 1 atom stereocenters. The van der Waals surface area contributed by atoms with Gasteiger partial charge in [-0.2, -0.15) is 4.98 Å². The van der Waals surface area contributed by atoms with Crippen molar-refractivity contribution < 1.29 is 9.26 Å². The van der Waals surface area contributed by atoms with Gasteiger partial charge in [0.25, 0.3) is 5.89 Å². The number of ether oxygens (including phenoxy) is 1. The Kier molecular flexibility index (Phi) is 5.25. The molecule has 0 radical (unpaired) electrons. The van der Waals surface area contributed by atoms with Crippen LogP contribution in [0, 0.1) is 0 Å². The molecule has 5 nitrogen and oxygen atoms in total. The van der Waals surface area contributed by atoms with Gasteiger partial charge < -0.3 is 15.0 Å². The Labute approximate surface area is 149 Å². The van der Waals surface area contributed by atoms with Crippen LogP contribution in [0.2, 0.25) is 0 Å². The fraction of sp³-hybridized carbons (Fsp3) is 0.556. The van der Waals surface area contributed by atoms with Crippen LogP contribution < -0.4 is 10.5 Å². The van der Waals surface area contributed by atoms with Crippen LogP contribution in [0.5, 0.6) is 5.75 Å². The first-order chi connectivity index (χ1) is 10.8. The van der Waals surface area contributed by atoms with E-state index in [0.717, 1.165) is 25.0 Å². The molecule has 0 spiro atoms. The highest BCUT2D eigenvalue weighted by Gasteiger charge is 2.39. The Bertz CT molecular complexity index is 690. The monoisotopic (exact) mass is 351 g/mol. The smallest absolute Gasteiger partial charge is 0.267 e. The summed E-state index contributed by atoms with van der Waals surface area (Å²) in [5.41, 5.74) is 7.13. The average molecular weight is 352 g/mol. The Morgan fingerprint density at radius 2 is 2.00 bits per heavy atom. The zero-order valence-corrected chi connectivity index (χ0v) is 15.5. The third kappa shape index (κ3) is 3.73. The molecule has 2 aromatic rings. The number of hydrogen-bond acceptors (Lipinski definition) is 5. The summed E-state index contributed by atoms with van der Waals surface area (Å²) in [5.74, 6) is 1.87. The molecule has 1 heterocycles. The van der Waals surface area contributed by atoms with Crippen LogP contribution in [0.15, 0.2) is 28.8 Å². The quantitative estimate of drug-likeness (QED) is 0.890. The van der Waals surface area contributed by atoms with Crippen molar-refractivity contribution in [3.05, 3.63) is 41.5 Å². The topological polar surface area (TPSA) is 74.2 Å². The predicted molar refractivity (Wildman–Crippen MR) is 95.4 cm³/mol. The Morgan fingerprint density at radius 1 is 1.29 bits per heavy atom. The van der Waals surface area contributed by atoms with Crippen molar-refractivity contribution in [3.8, 4) is 5.75 Å². The van der Waals surface area contributed by atoms with Crippen molar-refractivity contribution in [2.24, 2.45) is 5.73 Å². The third-order valence-corrected chi connectivity index (χ3v) is 4.49. The van der Waals surface area contributed by atoms with Crippen molar-refractivity contribution in [2.45, 2.75) is 64.0 Å². The molecule has 0 bridgehead atoms. The van der Waals surface area contributed by atoms with Gasteiger partial charge in [0.15, 0.2) is 11.9 Å². The fourth-order valence-electron chi connectivity index (χ4n) is 2.67. The Morgan fingerprint density at radius 3 is 2.58 bits per heavy atom. The van der Waals surface area contributed by atoms with Crippen molar-refractivity contribution in [2.75, 3.05) is 0 Å². The summed E-state index contributed by atoms with van der Waals surface area (Å²) in [6.07, 6.45) is 2.63. The van der Waals surface area contributed by atoms with Crippen molar-refractivity contribution in [1.29, 1.82) is 0 Å². The lowest BCUT2D eigenvalue weighted by Crippen LogP contribution is -2.44. The van der Waals surface area contributed by atoms with E-state index in [1.165, 1.54) is 5.56 Å². The lowest BCUT2D eigenvalue weighted by molar-refractivity contribution is 0.174. The van der Waals surface area contributed by atoms with Gasteiger partial charge in [-0.25, -0.2) is 0 Å². The van der Waals surface area contributed by atoms with E-state index in [-0.39, 0.29) is 23.9 Å². The van der Waals surface area contributed by atoms with E-state index in [1.54, 1.807) is 0 Å². The number of rotatable bonds is 4. The standard InChI is InChI=1S/C18H25N3O2.ClH/c1-12(15-20-16(21-23-15)18(19)9-6-10-18)22-14-8-5-7-13(11-14)17(2,3)4;/h5,7-8,11-12H,6,9-10,19H2,1-4H3;1H. The summed E-state index contributed by atoms with van der Waals surface area (Å²) in [4.78, 5) is 4.44. The number of aromatic nitrogens is 2. The number of benzene rings is 1. The van der Waals surface area contributed by atoms with Gasteiger partial charge in [0.05, 0.1) is 5.54 Å². The summed E-state index contributed by atoms with van der Waals surface area (Å²) in [5, 5.41) is 4.04. The van der Waals surface area contributed by atoms with Crippen LogP contribution in [-0.4, -0.2) is 10.1 Å². The summed E-state index contributed by atoms with van der Waals surface area (Å²) in [6, 6.07) is 8.12. The maximum Gasteiger partial charge on any atom is 0.267 e. The van der Waals surface area contributed by atoms with Gasteiger partial charge >= 0.3 is 0 Å². The van der Waals surface area contributed by atoms with Gasteiger partial charge in [0.1, 0.15) is 5.75 Å². The number of nitrogens with zero attached hydrogens (tertiary/aromatic N) is 2. The van der Waals surface area contributed by atoms with E-state index in [0.29, 0.717) is 11.7 Å². The van der Waals surface area contributed by atoms with Crippen LogP contribution >= 0.6 is 12.4 Å². The largest absolute Gasteiger partial charge is 0.481 e. The first-order valence-corrected chi connectivity index (χ1v) is 8.18. The van der Waals surface area contributed by atoms with E-state index in [4.69, 9.17) is 15.0 Å². The van der Waals surface area contributed by atoms with Crippen LogP contribution in [0.1, 0.15) is 70.3 Å². The van der Waals surface area contributed by atoms with E-state index in [2.05, 4.69) is 43.0 Å². The molecule has 1 aliphatic carbocycles. The molecule has 1 unspecified atom stereocenters. The molecule has 1 aromatic heterocycles. The molecule has 0 saturated heterocycles.